The lowest BCUT2D eigenvalue weighted by atomic mass is 10.2. The molecule has 0 unspecified atom stereocenters. The van der Waals surface area contributed by atoms with E-state index in [0.717, 1.165) is 5.82 Å². The van der Waals surface area contributed by atoms with E-state index in [4.69, 9.17) is 0 Å². The summed E-state index contributed by atoms with van der Waals surface area (Å²) in [6.45, 7) is 4.17. The summed E-state index contributed by atoms with van der Waals surface area (Å²) in [6, 6.07) is 0. The lowest BCUT2D eigenvalue weighted by molar-refractivity contribution is 0.799. The molecule has 1 aromatic heterocycles. The minimum absolute atomic E-state index is 0.473. The van der Waals surface area contributed by atoms with E-state index < -0.39 is 0 Å². The molecule has 2 nitrogen and oxygen atoms in total. The van der Waals surface area contributed by atoms with E-state index in [1.165, 1.54) is 11.5 Å². The van der Waals surface area contributed by atoms with Crippen molar-refractivity contribution in [2.24, 2.45) is 0 Å². The van der Waals surface area contributed by atoms with Crippen molar-refractivity contribution in [3.63, 3.8) is 0 Å². The van der Waals surface area contributed by atoms with Crippen molar-refractivity contribution in [3.8, 4) is 0 Å². The molecule has 0 aliphatic heterocycles. The van der Waals surface area contributed by atoms with Crippen molar-refractivity contribution < 1.29 is 0 Å². The van der Waals surface area contributed by atoms with E-state index in [1.807, 2.05) is 0 Å². The fourth-order valence-electron chi connectivity index (χ4n) is 0.433. The van der Waals surface area contributed by atoms with Crippen LogP contribution in [0.1, 0.15) is 25.6 Å². The molecule has 0 radical (unpaired) electrons. The molecule has 0 spiro atoms. The average Bonchev–Trinajstić information content (AvgIpc) is 2.12. The first kappa shape index (κ1) is 5.69. The zero-order valence-corrected chi connectivity index (χ0v) is 5.77. The minimum Gasteiger partial charge on any atom is -0.228 e. The van der Waals surface area contributed by atoms with Gasteiger partial charge in [0.1, 0.15) is 11.3 Å². The summed E-state index contributed by atoms with van der Waals surface area (Å²) in [5.41, 5.74) is 1.76. The van der Waals surface area contributed by atoms with Gasteiger partial charge in [0, 0.05) is 5.92 Å². The number of rotatable bonds is 1. The van der Waals surface area contributed by atoms with Crippen LogP contribution in [0.15, 0.2) is 5.51 Å². The van der Waals surface area contributed by atoms with E-state index in [1.54, 1.807) is 5.51 Å². The molecule has 0 saturated heterocycles. The lowest BCUT2D eigenvalue weighted by Gasteiger charge is -1.92. The Hall–Kier alpha value is -0.440. The Morgan fingerprint density at radius 3 is 2.62 bits per heavy atom. The maximum atomic E-state index is 4.05. The first-order chi connectivity index (χ1) is 3.80. The second-order valence-corrected chi connectivity index (χ2v) is 2.55. The molecule has 0 amide bonds. The second kappa shape index (κ2) is 2.22. The number of hydrogen-bond acceptors (Lipinski definition) is 3. The fraction of sp³-hybridized carbons (Fsp3) is 0.600. The predicted molar refractivity (Wildman–Crippen MR) is 34.0 cm³/mol. The Labute approximate surface area is 52.7 Å². The van der Waals surface area contributed by atoms with Crippen molar-refractivity contribution in [1.29, 1.82) is 0 Å². The third-order valence-electron chi connectivity index (χ3n) is 0.895. The van der Waals surface area contributed by atoms with Gasteiger partial charge in [0.2, 0.25) is 0 Å². The number of hydrogen-bond donors (Lipinski definition) is 0. The molecule has 3 heteroatoms. The molecule has 0 fully saturated rings. The first-order valence-corrected chi connectivity index (χ1v) is 3.40. The molecule has 0 aromatic carbocycles. The summed E-state index contributed by atoms with van der Waals surface area (Å²) in [7, 11) is 0. The summed E-state index contributed by atoms with van der Waals surface area (Å²) < 4.78 is 4.05. The van der Waals surface area contributed by atoms with Gasteiger partial charge in [0.15, 0.2) is 0 Å². The van der Waals surface area contributed by atoms with Gasteiger partial charge in [-0.15, -0.1) is 0 Å². The van der Waals surface area contributed by atoms with Crippen molar-refractivity contribution in [1.82, 2.24) is 9.36 Å². The number of aromatic nitrogens is 2. The molecule has 0 atom stereocenters. The molecule has 0 saturated carbocycles. The van der Waals surface area contributed by atoms with Gasteiger partial charge in [0.25, 0.3) is 0 Å². The molecule has 1 heterocycles. The van der Waals surface area contributed by atoms with Crippen LogP contribution in [0.3, 0.4) is 0 Å². The third kappa shape index (κ3) is 1.04. The number of nitrogens with zero attached hydrogens (tertiary/aromatic N) is 2. The summed E-state index contributed by atoms with van der Waals surface area (Å²) >= 11 is 1.41. The molecule has 0 N–H and O–H groups in total. The van der Waals surface area contributed by atoms with Crippen LogP contribution in [0, 0.1) is 0 Å². The average molecular weight is 128 g/mol. The normalized spacial score (nSPS) is 10.4. The maximum Gasteiger partial charge on any atom is 0.144 e. The monoisotopic (exact) mass is 128 g/mol. The van der Waals surface area contributed by atoms with E-state index >= 15 is 0 Å². The Balaban J connectivity index is 2.77. The van der Waals surface area contributed by atoms with Crippen molar-refractivity contribution >= 4 is 11.5 Å². The maximum absolute atomic E-state index is 4.05. The van der Waals surface area contributed by atoms with Gasteiger partial charge in [-0.25, -0.2) is 4.98 Å². The molecular weight excluding hydrogens is 120 g/mol. The SMILES string of the molecule is CC(C)c1ncsn1. The largest absolute Gasteiger partial charge is 0.228 e. The van der Waals surface area contributed by atoms with Gasteiger partial charge in [-0.05, 0) is 11.5 Å². The molecule has 1 rings (SSSR count). The summed E-state index contributed by atoms with van der Waals surface area (Å²) in [4.78, 5) is 4.02. The topological polar surface area (TPSA) is 25.8 Å². The van der Waals surface area contributed by atoms with Crippen LogP contribution in [-0.4, -0.2) is 9.36 Å². The molecule has 1 aromatic rings. The lowest BCUT2D eigenvalue weighted by Crippen LogP contribution is -1.87. The van der Waals surface area contributed by atoms with Gasteiger partial charge in [0.05, 0.1) is 0 Å². The second-order valence-electron chi connectivity index (χ2n) is 1.94. The first-order valence-electron chi connectivity index (χ1n) is 2.57. The van der Waals surface area contributed by atoms with Gasteiger partial charge < -0.3 is 0 Å². The van der Waals surface area contributed by atoms with Crippen LogP contribution in [0.25, 0.3) is 0 Å². The molecular formula is C5H8N2S. The Morgan fingerprint density at radius 2 is 2.38 bits per heavy atom. The Morgan fingerprint density at radius 1 is 1.62 bits per heavy atom. The summed E-state index contributed by atoms with van der Waals surface area (Å²) in [6.07, 6.45) is 0. The van der Waals surface area contributed by atoms with E-state index in [0.29, 0.717) is 5.92 Å². The van der Waals surface area contributed by atoms with Crippen molar-refractivity contribution in [2.75, 3.05) is 0 Å². The summed E-state index contributed by atoms with van der Waals surface area (Å²) in [5.74, 6) is 1.43. The standard InChI is InChI=1S/C5H8N2S/c1-4(2)5-6-3-8-7-5/h3-4H,1-2H3. The van der Waals surface area contributed by atoms with Crippen LogP contribution in [0.4, 0.5) is 0 Å². The van der Waals surface area contributed by atoms with Crippen LogP contribution in [-0.2, 0) is 0 Å². The van der Waals surface area contributed by atoms with Crippen LogP contribution in [0.2, 0.25) is 0 Å². The quantitative estimate of drug-likeness (QED) is 0.575. The van der Waals surface area contributed by atoms with Gasteiger partial charge in [-0.3, -0.25) is 0 Å². The molecule has 0 bridgehead atoms. The summed E-state index contributed by atoms with van der Waals surface area (Å²) in [5, 5.41) is 0. The van der Waals surface area contributed by atoms with E-state index in [-0.39, 0.29) is 0 Å². The van der Waals surface area contributed by atoms with Crippen molar-refractivity contribution in [3.05, 3.63) is 11.3 Å². The van der Waals surface area contributed by atoms with Crippen LogP contribution < -0.4 is 0 Å². The highest BCUT2D eigenvalue weighted by Crippen LogP contribution is 2.07. The molecule has 0 aliphatic carbocycles. The van der Waals surface area contributed by atoms with Gasteiger partial charge in [-0.2, -0.15) is 4.37 Å². The zero-order valence-electron chi connectivity index (χ0n) is 4.96. The predicted octanol–water partition coefficient (Wildman–Crippen LogP) is 1.66. The zero-order chi connectivity index (χ0) is 5.98. The fourth-order valence-corrected chi connectivity index (χ4v) is 1.00. The molecule has 8 heavy (non-hydrogen) atoms. The van der Waals surface area contributed by atoms with Gasteiger partial charge in [-0.1, -0.05) is 13.8 Å². The van der Waals surface area contributed by atoms with E-state index in [9.17, 15) is 0 Å². The van der Waals surface area contributed by atoms with Gasteiger partial charge >= 0.3 is 0 Å². The minimum atomic E-state index is 0.473. The smallest absolute Gasteiger partial charge is 0.144 e. The highest BCUT2D eigenvalue weighted by Gasteiger charge is 1.99. The van der Waals surface area contributed by atoms with Crippen molar-refractivity contribution in [2.45, 2.75) is 19.8 Å². The highest BCUT2D eigenvalue weighted by molar-refractivity contribution is 7.03. The van der Waals surface area contributed by atoms with Crippen LogP contribution >= 0.6 is 11.5 Å². The third-order valence-corrected chi connectivity index (χ3v) is 1.39. The Bertz CT molecular complexity index is 145. The molecule has 0 aliphatic rings. The molecule has 44 valence electrons. The Kier molecular flexibility index (Phi) is 1.58. The highest BCUT2D eigenvalue weighted by atomic mass is 32.1. The van der Waals surface area contributed by atoms with E-state index in [2.05, 4.69) is 23.2 Å². The van der Waals surface area contributed by atoms with Crippen LogP contribution in [0.5, 0.6) is 0 Å².